The Hall–Kier alpha value is -1.09. The van der Waals surface area contributed by atoms with Crippen molar-refractivity contribution in [1.29, 1.82) is 5.26 Å². The summed E-state index contributed by atoms with van der Waals surface area (Å²) in [5.74, 6) is -0.970. The zero-order chi connectivity index (χ0) is 13.0. The first-order valence-electron chi connectivity index (χ1n) is 4.78. The Labute approximate surface area is 112 Å². The molecule has 17 heavy (non-hydrogen) atoms. The first-order valence-corrected chi connectivity index (χ1v) is 6.07. The molecule has 0 saturated carbocycles. The van der Waals surface area contributed by atoms with Gasteiger partial charge < -0.3 is 10.4 Å². The summed E-state index contributed by atoms with van der Waals surface area (Å²) < 4.78 is 0. The maximum Gasteiger partial charge on any atom is 0.230 e. The van der Waals surface area contributed by atoms with Gasteiger partial charge in [-0.2, -0.15) is 5.26 Å². The predicted molar refractivity (Wildman–Crippen MR) is 68.9 cm³/mol. The molecule has 6 heteroatoms. The minimum atomic E-state index is -0.917. The number of hydrogen-bond acceptors (Lipinski definition) is 3. The van der Waals surface area contributed by atoms with E-state index >= 15 is 0 Å². The van der Waals surface area contributed by atoms with Crippen LogP contribution in [0.5, 0.6) is 0 Å². The van der Waals surface area contributed by atoms with Gasteiger partial charge in [-0.1, -0.05) is 34.5 Å². The van der Waals surface area contributed by atoms with Crippen LogP contribution in [0, 0.1) is 17.2 Å². The van der Waals surface area contributed by atoms with Crippen LogP contribution < -0.4 is 5.32 Å². The molecule has 0 fully saturated rings. The van der Waals surface area contributed by atoms with Gasteiger partial charge in [0, 0.05) is 0 Å². The molecule has 0 bridgehead atoms. The second-order valence-corrected chi connectivity index (χ2v) is 4.80. The molecule has 90 valence electrons. The number of hydrogen-bond donors (Lipinski definition) is 2. The number of anilines is 1. The third kappa shape index (κ3) is 3.70. The molecule has 1 amide bonds. The lowest BCUT2D eigenvalue weighted by molar-refractivity contribution is -0.120. The smallest absolute Gasteiger partial charge is 0.230 e. The van der Waals surface area contributed by atoms with E-state index < -0.39 is 10.9 Å². The monoisotopic (exact) mass is 316 g/mol. The molecule has 2 N–H and O–H groups in total. The quantitative estimate of drug-likeness (QED) is 0.841. The Morgan fingerprint density at radius 2 is 2.29 bits per heavy atom. The highest BCUT2D eigenvalue weighted by atomic mass is 79.9. The number of carbonyl (C=O) groups is 1. The summed E-state index contributed by atoms with van der Waals surface area (Å²) in [6.07, 6.45) is 0. The third-order valence-corrected chi connectivity index (χ3v) is 3.29. The summed E-state index contributed by atoms with van der Waals surface area (Å²) in [6, 6.07) is 6.51. The van der Waals surface area contributed by atoms with E-state index in [0.29, 0.717) is 11.3 Å². The van der Waals surface area contributed by atoms with Crippen LogP contribution in [0.1, 0.15) is 12.5 Å². The maximum atomic E-state index is 11.6. The second-order valence-electron chi connectivity index (χ2n) is 3.46. The van der Waals surface area contributed by atoms with Gasteiger partial charge in [0.25, 0.3) is 0 Å². The third-order valence-electron chi connectivity index (χ3n) is 2.18. The van der Waals surface area contributed by atoms with Crippen LogP contribution in [0.15, 0.2) is 18.2 Å². The second kappa shape index (κ2) is 6.01. The zero-order valence-corrected chi connectivity index (χ0v) is 11.3. The van der Waals surface area contributed by atoms with Crippen molar-refractivity contribution >= 4 is 39.1 Å². The van der Waals surface area contributed by atoms with E-state index in [4.69, 9.17) is 16.9 Å². The number of amides is 1. The fraction of sp³-hybridized carbons (Fsp3) is 0.273. The molecule has 0 saturated heterocycles. The maximum absolute atomic E-state index is 11.6. The van der Waals surface area contributed by atoms with Crippen molar-refractivity contribution in [3.05, 3.63) is 28.8 Å². The highest BCUT2D eigenvalue weighted by Crippen LogP contribution is 2.24. The molecule has 4 nitrogen and oxygen atoms in total. The van der Waals surface area contributed by atoms with Crippen LogP contribution >= 0.6 is 27.5 Å². The Morgan fingerprint density at radius 1 is 1.65 bits per heavy atom. The van der Waals surface area contributed by atoms with Crippen LogP contribution in [0.2, 0.25) is 5.02 Å². The average Bonchev–Trinajstić information content (AvgIpc) is 2.30. The normalized spacial score (nSPS) is 13.6. The molecule has 1 rings (SSSR count). The Morgan fingerprint density at radius 3 is 2.76 bits per heavy atom. The number of alkyl halides is 1. The van der Waals surface area contributed by atoms with Crippen molar-refractivity contribution in [3.63, 3.8) is 0 Å². The fourth-order valence-electron chi connectivity index (χ4n) is 1.06. The van der Waals surface area contributed by atoms with E-state index in [0.717, 1.165) is 0 Å². The molecular formula is C11H10BrClN2O2. The molecule has 0 spiro atoms. The summed E-state index contributed by atoms with van der Waals surface area (Å²) in [5, 5.41) is 19.8. The molecule has 0 radical (unpaired) electrons. The fourth-order valence-corrected chi connectivity index (χ4v) is 1.53. The van der Waals surface area contributed by atoms with E-state index in [1.54, 1.807) is 19.1 Å². The summed E-state index contributed by atoms with van der Waals surface area (Å²) in [6.45, 7) is 1.58. The Bertz CT molecular complexity index is 471. The Balaban J connectivity index is 2.83. The van der Waals surface area contributed by atoms with Crippen LogP contribution in [0.4, 0.5) is 5.69 Å². The first-order chi connectivity index (χ1) is 7.95. The van der Waals surface area contributed by atoms with E-state index in [2.05, 4.69) is 21.2 Å². The summed E-state index contributed by atoms with van der Waals surface area (Å²) in [7, 11) is 0. The lowest BCUT2D eigenvalue weighted by Crippen LogP contribution is -2.27. The highest BCUT2D eigenvalue weighted by Gasteiger charge is 2.20. The minimum absolute atomic E-state index is 0.286. The van der Waals surface area contributed by atoms with Gasteiger partial charge in [-0.15, -0.1) is 0 Å². The molecule has 0 aliphatic carbocycles. The number of benzene rings is 1. The van der Waals surface area contributed by atoms with E-state index in [1.165, 1.54) is 6.07 Å². The van der Waals surface area contributed by atoms with Crippen molar-refractivity contribution < 1.29 is 9.90 Å². The van der Waals surface area contributed by atoms with Gasteiger partial charge in [0.15, 0.2) is 0 Å². The number of aliphatic hydroxyl groups is 1. The number of nitrogens with one attached hydrogen (secondary N) is 1. The van der Waals surface area contributed by atoms with Crippen LogP contribution in [-0.2, 0) is 4.79 Å². The van der Waals surface area contributed by atoms with Gasteiger partial charge in [-0.3, -0.25) is 4.79 Å². The number of nitrogens with zero attached hydrogens (tertiary/aromatic N) is 1. The van der Waals surface area contributed by atoms with Crippen molar-refractivity contribution in [2.24, 2.45) is 5.92 Å². The topological polar surface area (TPSA) is 73.1 Å². The van der Waals surface area contributed by atoms with Crippen LogP contribution in [0.3, 0.4) is 0 Å². The van der Waals surface area contributed by atoms with Crippen LogP contribution in [-0.4, -0.2) is 16.0 Å². The highest BCUT2D eigenvalue weighted by molar-refractivity contribution is 9.09. The molecule has 1 aromatic carbocycles. The number of aliphatic hydroxyl groups excluding tert-OH is 1. The number of halogens is 2. The van der Waals surface area contributed by atoms with Crippen LogP contribution in [0.25, 0.3) is 0 Å². The lowest BCUT2D eigenvalue weighted by Gasteiger charge is -2.14. The standard InChI is InChI=1S/C11H10BrClN2O2/c1-6(10(12)16)11(17)15-9-3-2-7(5-14)4-8(9)13/h2-4,6,10,16H,1H3,(H,15,17). The summed E-state index contributed by atoms with van der Waals surface area (Å²) >= 11 is 8.81. The van der Waals surface area contributed by atoms with Crippen molar-refractivity contribution in [3.8, 4) is 6.07 Å². The lowest BCUT2D eigenvalue weighted by atomic mass is 10.1. The predicted octanol–water partition coefficient (Wildman–Crippen LogP) is 2.50. The molecule has 0 aliphatic rings. The molecule has 1 aromatic rings. The van der Waals surface area contributed by atoms with E-state index in [-0.39, 0.29) is 10.9 Å². The largest absolute Gasteiger partial charge is 0.381 e. The average molecular weight is 318 g/mol. The molecular weight excluding hydrogens is 307 g/mol. The van der Waals surface area contributed by atoms with Gasteiger partial charge in [0.1, 0.15) is 5.01 Å². The van der Waals surface area contributed by atoms with Crippen molar-refractivity contribution in [1.82, 2.24) is 0 Å². The minimum Gasteiger partial charge on any atom is -0.381 e. The number of nitriles is 1. The molecule has 0 aromatic heterocycles. The molecule has 2 atom stereocenters. The number of rotatable bonds is 3. The summed E-state index contributed by atoms with van der Waals surface area (Å²) in [5.41, 5.74) is 0.831. The molecule has 0 heterocycles. The summed E-state index contributed by atoms with van der Waals surface area (Å²) in [4.78, 5) is 11.6. The van der Waals surface area contributed by atoms with Gasteiger partial charge in [-0.05, 0) is 18.2 Å². The van der Waals surface area contributed by atoms with E-state index in [9.17, 15) is 9.90 Å². The first kappa shape index (κ1) is 14.0. The van der Waals surface area contributed by atoms with E-state index in [1.807, 2.05) is 6.07 Å². The van der Waals surface area contributed by atoms with Gasteiger partial charge in [-0.25, -0.2) is 0 Å². The molecule has 2 unspecified atom stereocenters. The molecule has 0 aliphatic heterocycles. The van der Waals surface area contributed by atoms with Gasteiger partial charge >= 0.3 is 0 Å². The SMILES string of the molecule is CC(C(=O)Nc1ccc(C#N)cc1Cl)C(O)Br. The van der Waals surface area contributed by atoms with Gasteiger partial charge in [0.05, 0.1) is 28.3 Å². The van der Waals surface area contributed by atoms with Crippen molar-refractivity contribution in [2.45, 2.75) is 11.9 Å². The van der Waals surface area contributed by atoms with Crippen molar-refractivity contribution in [2.75, 3.05) is 5.32 Å². The number of carbonyl (C=O) groups excluding carboxylic acids is 1. The van der Waals surface area contributed by atoms with Gasteiger partial charge in [0.2, 0.25) is 5.91 Å². The zero-order valence-electron chi connectivity index (χ0n) is 8.95. The Kier molecular flexibility index (Phi) is 4.94.